The molecule has 2 unspecified atom stereocenters. The molecule has 0 aromatic rings. The second kappa shape index (κ2) is 70.2. The lowest BCUT2D eigenvalue weighted by Gasteiger charge is -2.21. The lowest BCUT2D eigenvalue weighted by Crippen LogP contribution is -2.42. The molecule has 0 aromatic carbocycles. The third kappa shape index (κ3) is 65.4. The molecule has 4 N–H and O–H groups in total. The summed E-state index contributed by atoms with van der Waals surface area (Å²) in [6.45, 7) is 12.5. The van der Waals surface area contributed by atoms with Crippen molar-refractivity contribution in [3.63, 3.8) is 0 Å². The number of amides is 4. The lowest BCUT2D eigenvalue weighted by atomic mass is 10.0. The summed E-state index contributed by atoms with van der Waals surface area (Å²) in [6, 6.07) is -1.99. The van der Waals surface area contributed by atoms with Gasteiger partial charge in [0.1, 0.15) is 23.8 Å². The maximum Gasteiger partial charge on any atom is 0.319 e. The number of Topliss-reactive ketones (excluding diaryl/α,β-unsaturated/α-hetero) is 2. The van der Waals surface area contributed by atoms with E-state index in [1.807, 2.05) is 0 Å². The van der Waals surface area contributed by atoms with Crippen molar-refractivity contribution in [1.29, 1.82) is 0 Å². The number of ether oxygens (including phenoxy) is 4. The van der Waals surface area contributed by atoms with Crippen molar-refractivity contribution >= 4 is 57.6 Å². The van der Waals surface area contributed by atoms with E-state index in [9.17, 15) is 42.7 Å². The van der Waals surface area contributed by atoms with Crippen LogP contribution in [-0.4, -0.2) is 131 Å². The second-order valence-electron chi connectivity index (χ2n) is 26.6. The van der Waals surface area contributed by atoms with Gasteiger partial charge in [0.05, 0.1) is 71.2 Å². The van der Waals surface area contributed by atoms with Crippen molar-refractivity contribution in [1.82, 2.24) is 21.3 Å². The van der Waals surface area contributed by atoms with Gasteiger partial charge in [-0.05, 0) is 51.4 Å². The summed E-state index contributed by atoms with van der Waals surface area (Å²) in [6.07, 6.45) is 44.2. The highest BCUT2D eigenvalue weighted by atomic mass is 31.1. The van der Waals surface area contributed by atoms with Crippen molar-refractivity contribution < 1.29 is 75.2 Å². The molecule has 0 aliphatic rings. The predicted molar refractivity (Wildman–Crippen MR) is 388 cm³/mol. The number of carbonyl (C=O) groups excluding carboxylic acids is 7. The van der Waals surface area contributed by atoms with Crippen LogP contribution in [0.1, 0.15) is 343 Å². The Bertz CT molecular complexity index is 1960. The van der Waals surface area contributed by atoms with Crippen LogP contribution in [0.2, 0.25) is 0 Å². The zero-order chi connectivity index (χ0) is 70.6. The molecule has 0 rings (SSSR count). The van der Waals surface area contributed by atoms with Crippen molar-refractivity contribution in [2.24, 2.45) is 0 Å². The normalized spacial score (nSPS) is 13.3. The molecule has 0 heterocycles. The van der Waals surface area contributed by atoms with E-state index in [1.165, 1.54) is 110 Å². The minimum Gasteiger partial charge on any atom is -0.462 e. The molecular formula is C74H142N4O16P2. The number of hydrogen-bond acceptors (Lipinski definition) is 16. The summed E-state index contributed by atoms with van der Waals surface area (Å²) in [5.41, 5.74) is 0. The van der Waals surface area contributed by atoms with E-state index in [-0.39, 0.29) is 114 Å². The average Bonchev–Trinajstić information content (AvgIpc) is 2.29. The summed E-state index contributed by atoms with van der Waals surface area (Å²) in [7, 11) is -5.71. The molecule has 0 aliphatic carbocycles. The molecule has 0 spiro atoms. The molecule has 22 heteroatoms. The van der Waals surface area contributed by atoms with Crippen molar-refractivity contribution in [2.45, 2.75) is 368 Å². The first-order valence-corrected chi connectivity index (χ1v) is 41.5. The molecule has 0 aliphatic heterocycles. The third-order valence-corrected chi connectivity index (χ3v) is 19.1. The SMILES string of the molecule is CCCCCCCCCCCC(=O)CC(=O)N[C@H](COCC[C@@H](CCCCCCC)OC(=O)CCCCCCCCCCC)CO[PH](=O)CCCNC(=O)NCCO[PH](=O)OC[C@@H](COCC[C@@H](CCCCCCC)OC(C)=O)NC(=O)CC(=O)CCCCCCCCCCC. The first-order valence-electron chi connectivity index (χ1n) is 38.8. The van der Waals surface area contributed by atoms with E-state index in [2.05, 4.69) is 55.9 Å². The number of hydrogen-bond donors (Lipinski definition) is 4. The Hall–Kier alpha value is -3.25. The lowest BCUT2D eigenvalue weighted by molar-refractivity contribution is -0.151. The summed E-state index contributed by atoms with van der Waals surface area (Å²) in [5, 5.41) is 11.0. The zero-order valence-corrected chi connectivity index (χ0v) is 63.6. The van der Waals surface area contributed by atoms with Crippen molar-refractivity contribution in [3.8, 4) is 0 Å². The highest BCUT2D eigenvalue weighted by Gasteiger charge is 2.22. The number of rotatable bonds is 74. The van der Waals surface area contributed by atoms with E-state index in [4.69, 9.17) is 32.5 Å². The molecular weight excluding hydrogens is 1260 g/mol. The van der Waals surface area contributed by atoms with Gasteiger partial charge in [0.25, 0.3) is 0 Å². The monoisotopic (exact) mass is 1400 g/mol. The van der Waals surface area contributed by atoms with Crippen molar-refractivity contribution in [3.05, 3.63) is 0 Å². The molecule has 0 radical (unpaired) electrons. The van der Waals surface area contributed by atoms with E-state index in [0.717, 1.165) is 141 Å². The summed E-state index contributed by atoms with van der Waals surface area (Å²) >= 11 is 0. The van der Waals surface area contributed by atoms with Gasteiger partial charge in [-0.2, -0.15) is 0 Å². The van der Waals surface area contributed by atoms with Gasteiger partial charge in [-0.15, -0.1) is 0 Å². The fourth-order valence-electron chi connectivity index (χ4n) is 11.3. The highest BCUT2D eigenvalue weighted by molar-refractivity contribution is 7.39. The van der Waals surface area contributed by atoms with E-state index >= 15 is 0 Å². The number of ketones is 2. The van der Waals surface area contributed by atoms with E-state index in [1.54, 1.807) is 0 Å². The minimum atomic E-state index is -3.09. The fraction of sp³-hybridized carbons (Fsp3) is 0.905. The van der Waals surface area contributed by atoms with Gasteiger partial charge >= 0.3 is 26.2 Å². The Kier molecular flexibility index (Phi) is 67.8. The van der Waals surface area contributed by atoms with Crippen LogP contribution < -0.4 is 21.3 Å². The Morgan fingerprint density at radius 3 is 1.15 bits per heavy atom. The van der Waals surface area contributed by atoms with E-state index < -0.39 is 46.2 Å². The average molecular weight is 1410 g/mol. The van der Waals surface area contributed by atoms with Crippen LogP contribution in [0.15, 0.2) is 0 Å². The second-order valence-corrected chi connectivity index (χ2v) is 29.2. The molecule has 0 aromatic heterocycles. The highest BCUT2D eigenvalue weighted by Crippen LogP contribution is 2.25. The molecule has 0 saturated carbocycles. The number of unbranched alkanes of at least 4 members (excludes halogenated alkanes) is 32. The Labute approximate surface area is 584 Å². The topological polar surface area (TPSA) is 266 Å². The molecule has 0 bridgehead atoms. The Morgan fingerprint density at radius 1 is 0.365 bits per heavy atom. The first kappa shape index (κ1) is 92.8. The molecule has 564 valence electrons. The molecule has 4 amide bonds. The first-order chi connectivity index (χ1) is 46.6. The van der Waals surface area contributed by atoms with Gasteiger partial charge in [0.2, 0.25) is 11.8 Å². The van der Waals surface area contributed by atoms with Crippen LogP contribution in [0.3, 0.4) is 0 Å². The predicted octanol–water partition coefficient (Wildman–Crippen LogP) is 17.6. The molecule has 0 saturated heterocycles. The van der Waals surface area contributed by atoms with E-state index in [0.29, 0.717) is 44.9 Å². The molecule has 0 fully saturated rings. The van der Waals surface area contributed by atoms with Gasteiger partial charge in [-0.25, -0.2) is 4.79 Å². The maximum atomic E-state index is 13.2. The Morgan fingerprint density at radius 2 is 0.729 bits per heavy atom. The third-order valence-electron chi connectivity index (χ3n) is 17.0. The minimum absolute atomic E-state index is 0.0119. The van der Waals surface area contributed by atoms with Crippen LogP contribution in [0, 0.1) is 0 Å². The standard InChI is InChI=1S/C74H142N4O16P2/c1-7-12-17-22-25-28-31-36-39-45-67(80)58-71(82)77-65(60-89-55-51-70(48-42-35-21-16-11-5)94-73(84)49-43-38-33-30-27-24-19-14-9-3)62-91-95(86)57-44-52-75-74(85)76-53-56-90-96(87)92-63-66(61-88-54-50-69(93-64(6)79)47-41-34-20-15-10-4)78-72(83)59-68(81)46-40-37-32-29-26-23-18-13-8-2/h65-66,69-70,95-96H,7-63H2,1-6H3,(H,77,82)(H,78,83)(H2,75,76,85)/t65-,66-,69-,70-/m1/s1. The number of carbonyl (C=O) groups is 7. The van der Waals surface area contributed by atoms with Crippen LogP contribution >= 0.6 is 16.3 Å². The summed E-state index contributed by atoms with van der Waals surface area (Å²) in [5.74, 6) is -1.79. The summed E-state index contributed by atoms with van der Waals surface area (Å²) in [4.78, 5) is 89.4. The van der Waals surface area contributed by atoms with Crippen molar-refractivity contribution in [2.75, 3.05) is 65.5 Å². The van der Waals surface area contributed by atoms with Crippen LogP contribution in [0.25, 0.3) is 0 Å². The zero-order valence-electron chi connectivity index (χ0n) is 61.6. The molecule has 96 heavy (non-hydrogen) atoms. The van der Waals surface area contributed by atoms with Crippen LogP contribution in [-0.2, 0) is 70.4 Å². The summed E-state index contributed by atoms with van der Waals surface area (Å²) < 4.78 is 66.3. The number of urea groups is 1. The van der Waals surface area contributed by atoms with Gasteiger partial charge in [0.15, 0.2) is 8.03 Å². The quantitative estimate of drug-likeness (QED) is 0.0191. The van der Waals surface area contributed by atoms with Crippen LogP contribution in [0.4, 0.5) is 4.79 Å². The number of esters is 2. The smallest absolute Gasteiger partial charge is 0.319 e. The van der Waals surface area contributed by atoms with Gasteiger partial charge in [-0.1, -0.05) is 240 Å². The van der Waals surface area contributed by atoms with Gasteiger partial charge < -0.3 is 53.8 Å². The fourth-order valence-corrected chi connectivity index (χ4v) is 13.0. The number of nitrogens with one attached hydrogen (secondary N) is 4. The van der Waals surface area contributed by atoms with Gasteiger partial charge in [0, 0.05) is 58.3 Å². The largest absolute Gasteiger partial charge is 0.462 e. The van der Waals surface area contributed by atoms with Crippen LogP contribution in [0.5, 0.6) is 0 Å². The Balaban J connectivity index is 5.33. The molecule has 20 nitrogen and oxygen atoms in total. The maximum absolute atomic E-state index is 13.2. The molecule has 6 atom stereocenters. The van der Waals surface area contributed by atoms with Gasteiger partial charge in [-0.3, -0.25) is 37.9 Å².